The monoisotopic (exact) mass is 212 g/mol. The summed E-state index contributed by atoms with van der Waals surface area (Å²) in [5.74, 6) is -0.0254. The Morgan fingerprint density at radius 3 is 2.60 bits per heavy atom. The molecule has 2 unspecified atom stereocenters. The van der Waals surface area contributed by atoms with Gasteiger partial charge in [-0.2, -0.15) is 0 Å². The van der Waals surface area contributed by atoms with E-state index in [0.29, 0.717) is 6.42 Å². The molecule has 0 aromatic carbocycles. The highest BCUT2D eigenvalue weighted by Crippen LogP contribution is 2.37. The molecular formula is C12H20O3. The smallest absolute Gasteiger partial charge is 0.335 e. The van der Waals surface area contributed by atoms with Gasteiger partial charge in [0.05, 0.1) is 6.10 Å². The molecule has 3 heteroatoms. The minimum Gasteiger partial charge on any atom is -0.479 e. The van der Waals surface area contributed by atoms with E-state index in [1.165, 1.54) is 25.7 Å². The van der Waals surface area contributed by atoms with Crippen molar-refractivity contribution in [3.63, 3.8) is 0 Å². The lowest BCUT2D eigenvalue weighted by molar-refractivity contribution is -0.162. The first-order valence-electron chi connectivity index (χ1n) is 6.01. The predicted molar refractivity (Wildman–Crippen MR) is 56.7 cm³/mol. The summed E-state index contributed by atoms with van der Waals surface area (Å²) in [5, 5.41) is 9.03. The van der Waals surface area contributed by atoms with Crippen molar-refractivity contribution < 1.29 is 14.6 Å². The average molecular weight is 212 g/mol. The van der Waals surface area contributed by atoms with Crippen molar-refractivity contribution in [2.45, 2.75) is 63.6 Å². The number of carboxylic acids is 1. The topological polar surface area (TPSA) is 46.5 Å². The van der Waals surface area contributed by atoms with Crippen molar-refractivity contribution >= 4 is 5.97 Å². The summed E-state index contributed by atoms with van der Waals surface area (Å²) in [6.45, 7) is 1.70. The fourth-order valence-electron chi connectivity index (χ4n) is 2.86. The maximum Gasteiger partial charge on any atom is 0.335 e. The van der Waals surface area contributed by atoms with Crippen LogP contribution in [0, 0.1) is 5.92 Å². The molecule has 0 aromatic rings. The second-order valence-electron chi connectivity index (χ2n) is 5.20. The van der Waals surface area contributed by atoms with Crippen molar-refractivity contribution in [1.29, 1.82) is 0 Å². The molecular weight excluding hydrogens is 192 g/mol. The van der Waals surface area contributed by atoms with Crippen LogP contribution in [0.5, 0.6) is 0 Å². The van der Waals surface area contributed by atoms with Crippen LogP contribution in [0.4, 0.5) is 0 Å². The number of hydrogen-bond acceptors (Lipinski definition) is 2. The Bertz CT molecular complexity index is 245. The van der Waals surface area contributed by atoms with E-state index in [9.17, 15) is 4.79 Å². The van der Waals surface area contributed by atoms with E-state index in [-0.39, 0.29) is 6.10 Å². The molecule has 0 radical (unpaired) electrons. The van der Waals surface area contributed by atoms with Crippen LogP contribution in [-0.4, -0.2) is 22.8 Å². The Kier molecular flexibility index (Phi) is 3.01. The highest BCUT2D eigenvalue weighted by molar-refractivity contribution is 5.77. The first-order chi connectivity index (χ1) is 7.10. The Morgan fingerprint density at radius 2 is 2.07 bits per heavy atom. The van der Waals surface area contributed by atoms with Gasteiger partial charge in [-0.3, -0.25) is 0 Å². The molecule has 1 saturated carbocycles. The van der Waals surface area contributed by atoms with Gasteiger partial charge in [-0.25, -0.2) is 4.79 Å². The summed E-state index contributed by atoms with van der Waals surface area (Å²) in [6, 6.07) is 0. The predicted octanol–water partition coefficient (Wildman–Crippen LogP) is 2.59. The number of hydrogen-bond donors (Lipinski definition) is 1. The lowest BCUT2D eigenvalue weighted by atomic mass is 9.97. The molecule has 3 nitrogen and oxygen atoms in total. The van der Waals surface area contributed by atoms with Crippen molar-refractivity contribution in [2.75, 3.05) is 0 Å². The molecule has 2 rings (SSSR count). The van der Waals surface area contributed by atoms with Gasteiger partial charge < -0.3 is 9.84 Å². The second kappa shape index (κ2) is 4.12. The summed E-state index contributed by atoms with van der Waals surface area (Å²) in [5.41, 5.74) is -0.913. The van der Waals surface area contributed by atoms with Crippen LogP contribution in [0.1, 0.15) is 51.9 Å². The maximum atomic E-state index is 11.0. The third kappa shape index (κ3) is 2.33. The van der Waals surface area contributed by atoms with Gasteiger partial charge in [0, 0.05) is 0 Å². The van der Waals surface area contributed by atoms with Crippen LogP contribution in [0.15, 0.2) is 0 Å². The first kappa shape index (κ1) is 10.9. The summed E-state index contributed by atoms with van der Waals surface area (Å²) < 4.78 is 5.67. The summed E-state index contributed by atoms with van der Waals surface area (Å²) in [7, 11) is 0. The molecule has 0 aromatic heterocycles. The van der Waals surface area contributed by atoms with Gasteiger partial charge in [0.1, 0.15) is 0 Å². The van der Waals surface area contributed by atoms with Gasteiger partial charge in [-0.1, -0.05) is 25.7 Å². The average Bonchev–Trinajstić information content (AvgIpc) is 2.77. The van der Waals surface area contributed by atoms with Crippen LogP contribution in [0.25, 0.3) is 0 Å². The fraction of sp³-hybridized carbons (Fsp3) is 0.917. The van der Waals surface area contributed by atoms with Gasteiger partial charge in [0.25, 0.3) is 0 Å². The molecule has 1 aliphatic heterocycles. The summed E-state index contributed by atoms with van der Waals surface area (Å²) in [6.07, 6.45) is 8.14. The largest absolute Gasteiger partial charge is 0.479 e. The van der Waals surface area contributed by atoms with Crippen molar-refractivity contribution in [2.24, 2.45) is 5.92 Å². The quantitative estimate of drug-likeness (QED) is 0.782. The zero-order valence-electron chi connectivity index (χ0n) is 9.37. The molecule has 2 aliphatic rings. The fourth-order valence-corrected chi connectivity index (χ4v) is 2.86. The molecule has 0 bridgehead atoms. The van der Waals surface area contributed by atoms with Crippen molar-refractivity contribution in [3.8, 4) is 0 Å². The number of rotatable bonds is 3. The van der Waals surface area contributed by atoms with E-state index in [4.69, 9.17) is 9.84 Å². The lowest BCUT2D eigenvalue weighted by Gasteiger charge is -2.21. The second-order valence-corrected chi connectivity index (χ2v) is 5.20. The molecule has 1 N–H and O–H groups in total. The van der Waals surface area contributed by atoms with Gasteiger partial charge in [-0.15, -0.1) is 0 Å². The first-order valence-corrected chi connectivity index (χ1v) is 6.01. The molecule has 15 heavy (non-hydrogen) atoms. The zero-order chi connectivity index (χ0) is 10.9. The minimum atomic E-state index is -0.913. The third-order valence-corrected chi connectivity index (χ3v) is 3.89. The SMILES string of the molecule is CC1(C(=O)O)CCC(CC2CCCC2)O1. The molecule has 0 spiro atoms. The van der Waals surface area contributed by atoms with Crippen LogP contribution in [0.2, 0.25) is 0 Å². The molecule has 2 atom stereocenters. The summed E-state index contributed by atoms with van der Waals surface area (Å²) >= 11 is 0. The van der Waals surface area contributed by atoms with Crippen LogP contribution in [-0.2, 0) is 9.53 Å². The van der Waals surface area contributed by atoms with E-state index in [1.54, 1.807) is 6.92 Å². The molecule has 86 valence electrons. The van der Waals surface area contributed by atoms with Crippen molar-refractivity contribution in [3.05, 3.63) is 0 Å². The van der Waals surface area contributed by atoms with Gasteiger partial charge in [-0.05, 0) is 32.1 Å². The molecule has 2 fully saturated rings. The Hall–Kier alpha value is -0.570. The number of carboxylic acid groups (broad SMARTS) is 1. The lowest BCUT2D eigenvalue weighted by Crippen LogP contribution is -2.35. The van der Waals surface area contributed by atoms with Crippen LogP contribution >= 0.6 is 0 Å². The highest BCUT2D eigenvalue weighted by Gasteiger charge is 2.43. The molecule has 1 saturated heterocycles. The van der Waals surface area contributed by atoms with E-state index in [1.807, 2.05) is 0 Å². The Labute approximate surface area is 90.8 Å². The minimum absolute atomic E-state index is 0.189. The van der Waals surface area contributed by atoms with E-state index >= 15 is 0 Å². The number of ether oxygens (including phenoxy) is 1. The molecule has 0 amide bonds. The van der Waals surface area contributed by atoms with Gasteiger partial charge >= 0.3 is 5.97 Å². The third-order valence-electron chi connectivity index (χ3n) is 3.89. The van der Waals surface area contributed by atoms with E-state index in [2.05, 4.69) is 0 Å². The Balaban J connectivity index is 1.84. The van der Waals surface area contributed by atoms with Crippen molar-refractivity contribution in [1.82, 2.24) is 0 Å². The normalized spacial score (nSPS) is 37.3. The van der Waals surface area contributed by atoms with Gasteiger partial charge in [0.2, 0.25) is 0 Å². The summed E-state index contributed by atoms with van der Waals surface area (Å²) in [4.78, 5) is 11.0. The van der Waals surface area contributed by atoms with Gasteiger partial charge in [0.15, 0.2) is 5.60 Å². The molecule has 1 aliphatic carbocycles. The Morgan fingerprint density at radius 1 is 1.40 bits per heavy atom. The maximum absolute atomic E-state index is 11.0. The number of aliphatic carboxylic acids is 1. The van der Waals surface area contributed by atoms with Crippen LogP contribution in [0.3, 0.4) is 0 Å². The van der Waals surface area contributed by atoms with E-state index in [0.717, 1.165) is 18.8 Å². The number of carbonyl (C=O) groups is 1. The molecule has 1 heterocycles. The van der Waals surface area contributed by atoms with Crippen LogP contribution < -0.4 is 0 Å². The standard InChI is InChI=1S/C12H20O3/c1-12(11(13)14)7-6-10(15-12)8-9-4-2-3-5-9/h9-10H,2-8H2,1H3,(H,13,14). The van der Waals surface area contributed by atoms with E-state index < -0.39 is 11.6 Å². The highest BCUT2D eigenvalue weighted by atomic mass is 16.5. The zero-order valence-corrected chi connectivity index (χ0v) is 9.37.